The molecule has 2 aromatic heterocycles. The zero-order valence-corrected chi connectivity index (χ0v) is 13.2. The molecule has 0 saturated carbocycles. The summed E-state index contributed by atoms with van der Waals surface area (Å²) in [6, 6.07) is 3.41. The Labute approximate surface area is 134 Å². The first-order valence-electron chi connectivity index (χ1n) is 7.98. The van der Waals surface area contributed by atoms with Gasteiger partial charge in [0.25, 0.3) is 5.91 Å². The molecule has 1 aliphatic heterocycles. The number of carbonyl (C=O) groups is 1. The van der Waals surface area contributed by atoms with Crippen molar-refractivity contribution in [2.24, 2.45) is 5.41 Å². The highest BCUT2D eigenvalue weighted by Crippen LogP contribution is 2.35. The second-order valence-electron chi connectivity index (χ2n) is 6.25. The highest BCUT2D eigenvalue weighted by molar-refractivity contribution is 5.93. The van der Waals surface area contributed by atoms with Gasteiger partial charge in [0.1, 0.15) is 0 Å². The van der Waals surface area contributed by atoms with Crippen LogP contribution >= 0.6 is 0 Å². The molecule has 1 saturated heterocycles. The topological polar surface area (TPSA) is 91.0 Å². The minimum absolute atomic E-state index is 0.126. The number of likely N-dealkylation sites (tertiary alicyclic amines) is 1. The summed E-state index contributed by atoms with van der Waals surface area (Å²) in [4.78, 5) is 18.6. The van der Waals surface area contributed by atoms with Gasteiger partial charge in [-0.15, -0.1) is 0 Å². The van der Waals surface area contributed by atoms with Gasteiger partial charge >= 0.3 is 0 Å². The summed E-state index contributed by atoms with van der Waals surface area (Å²) in [5.74, 6) is -0.184. The third-order valence-corrected chi connectivity index (χ3v) is 4.69. The molecule has 2 aromatic rings. The molecule has 124 valence electrons. The molecule has 0 spiro atoms. The largest absolute Gasteiger partial charge is 0.396 e. The minimum atomic E-state index is -0.639. The van der Waals surface area contributed by atoms with Gasteiger partial charge in [-0.3, -0.25) is 4.79 Å². The van der Waals surface area contributed by atoms with Gasteiger partial charge in [-0.05, 0) is 18.9 Å². The smallest absolute Gasteiger partial charge is 0.274 e. The van der Waals surface area contributed by atoms with Gasteiger partial charge in [0.05, 0.1) is 12.7 Å². The van der Waals surface area contributed by atoms with Crippen molar-refractivity contribution in [1.82, 2.24) is 19.5 Å². The molecule has 0 radical (unpaired) electrons. The average molecular weight is 318 g/mol. The monoisotopic (exact) mass is 318 g/mol. The lowest BCUT2D eigenvalue weighted by Crippen LogP contribution is -2.55. The number of carbonyl (C=O) groups excluding carboxylic acids is 1. The number of nitrogens with zero attached hydrogens (tertiary/aromatic N) is 4. The third kappa shape index (κ3) is 2.82. The van der Waals surface area contributed by atoms with E-state index >= 15 is 0 Å². The van der Waals surface area contributed by atoms with E-state index < -0.39 is 11.5 Å². The predicted molar refractivity (Wildman–Crippen MR) is 83.9 cm³/mol. The van der Waals surface area contributed by atoms with Crippen molar-refractivity contribution in [1.29, 1.82) is 0 Å². The maximum Gasteiger partial charge on any atom is 0.274 e. The van der Waals surface area contributed by atoms with Gasteiger partial charge in [-0.1, -0.05) is 13.3 Å². The third-order valence-electron chi connectivity index (χ3n) is 4.69. The number of rotatable bonds is 4. The van der Waals surface area contributed by atoms with Gasteiger partial charge < -0.3 is 15.1 Å². The lowest BCUT2D eigenvalue weighted by atomic mass is 9.74. The SMILES string of the molecule is CCC[C@@]1(CO)CN(C(=O)c2cc3ncccn3n2)CC[C@@H]1O. The lowest BCUT2D eigenvalue weighted by molar-refractivity contribution is -0.0721. The van der Waals surface area contributed by atoms with Crippen LogP contribution in [0.4, 0.5) is 0 Å². The molecule has 23 heavy (non-hydrogen) atoms. The average Bonchev–Trinajstić information content (AvgIpc) is 3.00. The van der Waals surface area contributed by atoms with E-state index in [4.69, 9.17) is 0 Å². The van der Waals surface area contributed by atoms with E-state index in [1.807, 2.05) is 6.92 Å². The molecule has 1 fully saturated rings. The lowest BCUT2D eigenvalue weighted by Gasteiger charge is -2.45. The van der Waals surface area contributed by atoms with Crippen LogP contribution in [0.2, 0.25) is 0 Å². The van der Waals surface area contributed by atoms with Crippen LogP contribution in [0.25, 0.3) is 5.65 Å². The summed E-state index contributed by atoms with van der Waals surface area (Å²) in [6.07, 6.45) is 4.81. The van der Waals surface area contributed by atoms with Crippen LogP contribution in [0.5, 0.6) is 0 Å². The fourth-order valence-electron chi connectivity index (χ4n) is 3.40. The van der Waals surface area contributed by atoms with Crippen LogP contribution in [0.1, 0.15) is 36.7 Å². The van der Waals surface area contributed by atoms with Crippen LogP contribution in [-0.2, 0) is 0 Å². The Balaban J connectivity index is 1.84. The highest BCUT2D eigenvalue weighted by Gasteiger charge is 2.43. The first-order chi connectivity index (χ1) is 11.1. The maximum atomic E-state index is 12.7. The zero-order chi connectivity index (χ0) is 16.4. The second kappa shape index (κ2) is 6.25. The van der Waals surface area contributed by atoms with Crippen molar-refractivity contribution < 1.29 is 15.0 Å². The number of piperidine rings is 1. The summed E-state index contributed by atoms with van der Waals surface area (Å²) in [5.41, 5.74) is 0.318. The Kier molecular flexibility index (Phi) is 4.32. The molecule has 2 atom stereocenters. The molecule has 0 bridgehead atoms. The normalized spacial score (nSPS) is 25.0. The molecule has 3 rings (SSSR count). The molecule has 2 N–H and O–H groups in total. The standard InChI is InChI=1S/C16H22N4O3/c1-2-5-16(11-21)10-19(8-4-13(16)22)15(23)12-9-14-17-6-3-7-20(14)18-12/h3,6-7,9,13,21-22H,2,4-5,8,10-11H2,1H3/t13-,16-/m0/s1. The van der Waals surface area contributed by atoms with Gasteiger partial charge in [0.2, 0.25) is 0 Å². The zero-order valence-electron chi connectivity index (χ0n) is 13.2. The molecule has 0 aromatic carbocycles. The minimum Gasteiger partial charge on any atom is -0.396 e. The van der Waals surface area contributed by atoms with Crippen molar-refractivity contribution in [3.63, 3.8) is 0 Å². The van der Waals surface area contributed by atoms with E-state index in [0.29, 0.717) is 37.3 Å². The van der Waals surface area contributed by atoms with Gasteiger partial charge in [-0.25, -0.2) is 9.50 Å². The molecule has 7 nitrogen and oxygen atoms in total. The Hall–Kier alpha value is -1.99. The fourth-order valence-corrected chi connectivity index (χ4v) is 3.40. The Morgan fingerprint density at radius 1 is 1.52 bits per heavy atom. The van der Waals surface area contributed by atoms with Crippen LogP contribution in [0, 0.1) is 5.41 Å². The summed E-state index contributed by atoms with van der Waals surface area (Å²) in [6.45, 7) is 2.70. The molecular formula is C16H22N4O3. The number of hydrogen-bond acceptors (Lipinski definition) is 5. The van der Waals surface area contributed by atoms with Crippen LogP contribution in [-0.4, -0.2) is 61.4 Å². The molecule has 0 aliphatic carbocycles. The Morgan fingerprint density at radius 2 is 2.35 bits per heavy atom. The second-order valence-corrected chi connectivity index (χ2v) is 6.25. The van der Waals surface area contributed by atoms with Crippen LogP contribution < -0.4 is 0 Å². The van der Waals surface area contributed by atoms with E-state index in [1.54, 1.807) is 33.9 Å². The van der Waals surface area contributed by atoms with Crippen molar-refractivity contribution in [3.05, 3.63) is 30.2 Å². The van der Waals surface area contributed by atoms with E-state index in [9.17, 15) is 15.0 Å². The first-order valence-corrected chi connectivity index (χ1v) is 7.98. The van der Waals surface area contributed by atoms with Crippen molar-refractivity contribution in [2.75, 3.05) is 19.7 Å². The number of hydrogen-bond donors (Lipinski definition) is 2. The number of fused-ring (bicyclic) bond motifs is 1. The van der Waals surface area contributed by atoms with E-state index in [0.717, 1.165) is 6.42 Å². The van der Waals surface area contributed by atoms with Gasteiger partial charge in [0.15, 0.2) is 11.3 Å². The van der Waals surface area contributed by atoms with Crippen LogP contribution in [0.3, 0.4) is 0 Å². The maximum absolute atomic E-state index is 12.7. The quantitative estimate of drug-likeness (QED) is 0.866. The number of aliphatic hydroxyl groups is 2. The number of aliphatic hydroxyl groups excluding tert-OH is 2. The van der Waals surface area contributed by atoms with E-state index in [-0.39, 0.29) is 12.5 Å². The fraction of sp³-hybridized carbons (Fsp3) is 0.562. The molecule has 3 heterocycles. The summed E-state index contributed by atoms with van der Waals surface area (Å²) < 4.78 is 1.57. The Bertz CT molecular complexity index is 668. The predicted octanol–water partition coefficient (Wildman–Crippen LogP) is 0.715. The van der Waals surface area contributed by atoms with Crippen molar-refractivity contribution in [3.8, 4) is 0 Å². The van der Waals surface area contributed by atoms with E-state index in [2.05, 4.69) is 10.1 Å². The summed E-state index contributed by atoms with van der Waals surface area (Å²) in [5, 5.41) is 24.4. The van der Waals surface area contributed by atoms with Crippen molar-refractivity contribution >= 4 is 11.6 Å². The molecule has 1 aliphatic rings. The molecule has 0 unspecified atom stereocenters. The first kappa shape index (κ1) is 15.9. The summed E-state index contributed by atoms with van der Waals surface area (Å²) >= 11 is 0. The number of amides is 1. The van der Waals surface area contributed by atoms with Crippen molar-refractivity contribution in [2.45, 2.75) is 32.3 Å². The van der Waals surface area contributed by atoms with E-state index in [1.165, 1.54) is 0 Å². The number of aromatic nitrogens is 3. The highest BCUT2D eigenvalue weighted by atomic mass is 16.3. The summed E-state index contributed by atoms with van der Waals surface area (Å²) in [7, 11) is 0. The Morgan fingerprint density at radius 3 is 3.04 bits per heavy atom. The molecule has 1 amide bonds. The molecular weight excluding hydrogens is 296 g/mol. The van der Waals surface area contributed by atoms with Crippen LogP contribution in [0.15, 0.2) is 24.5 Å². The molecule has 7 heteroatoms. The van der Waals surface area contributed by atoms with Gasteiger partial charge in [-0.2, -0.15) is 5.10 Å². The van der Waals surface area contributed by atoms with Gasteiger partial charge in [0, 0.05) is 37.0 Å².